The Morgan fingerprint density at radius 1 is 0.964 bits per heavy atom. The maximum absolute atomic E-state index is 13.4. The van der Waals surface area contributed by atoms with Crippen LogP contribution in [0.2, 0.25) is 0 Å². The molecule has 0 radical (unpaired) electrons. The van der Waals surface area contributed by atoms with E-state index in [1.165, 1.54) is 5.56 Å². The molecular formula is C23H22N4O. The molecular weight excluding hydrogens is 348 g/mol. The van der Waals surface area contributed by atoms with Crippen LogP contribution in [0.15, 0.2) is 79.3 Å². The lowest BCUT2D eigenvalue weighted by atomic mass is 10.1. The van der Waals surface area contributed by atoms with Crippen LogP contribution in [-0.2, 0) is 20.0 Å². The van der Waals surface area contributed by atoms with Crippen LogP contribution < -0.4 is 0 Å². The van der Waals surface area contributed by atoms with E-state index in [2.05, 4.69) is 22.1 Å². The summed E-state index contributed by atoms with van der Waals surface area (Å²) in [5.74, 6) is 0.775. The second kappa shape index (κ2) is 8.05. The average Bonchev–Trinajstić information content (AvgIpc) is 3.15. The number of carbonyl (C=O) groups is 1. The number of amides is 1. The minimum atomic E-state index is -0.0734. The van der Waals surface area contributed by atoms with Gasteiger partial charge < -0.3 is 9.47 Å². The van der Waals surface area contributed by atoms with Crippen molar-refractivity contribution in [1.29, 1.82) is 0 Å². The number of rotatable bonds is 6. The van der Waals surface area contributed by atoms with Gasteiger partial charge in [-0.2, -0.15) is 0 Å². The zero-order chi connectivity index (χ0) is 19.3. The van der Waals surface area contributed by atoms with Crippen LogP contribution >= 0.6 is 0 Å². The van der Waals surface area contributed by atoms with E-state index in [0.717, 1.165) is 23.0 Å². The van der Waals surface area contributed by atoms with Crippen molar-refractivity contribution >= 4 is 16.7 Å². The number of benzene rings is 2. The maximum atomic E-state index is 13.4. The lowest BCUT2D eigenvalue weighted by Crippen LogP contribution is -2.34. The molecule has 0 aliphatic rings. The normalized spacial score (nSPS) is 10.9. The fourth-order valence-corrected chi connectivity index (χ4v) is 3.32. The number of aromatic nitrogens is 3. The summed E-state index contributed by atoms with van der Waals surface area (Å²) >= 11 is 0. The summed E-state index contributed by atoms with van der Waals surface area (Å²) < 4.78 is 1.94. The quantitative estimate of drug-likeness (QED) is 0.518. The molecule has 0 saturated heterocycles. The molecule has 0 aliphatic carbocycles. The molecule has 0 atom stereocenters. The second-order valence-corrected chi connectivity index (χ2v) is 6.80. The molecule has 2 aromatic carbocycles. The van der Waals surface area contributed by atoms with Gasteiger partial charge in [-0.3, -0.25) is 9.78 Å². The Morgan fingerprint density at radius 3 is 2.54 bits per heavy atom. The third-order valence-corrected chi connectivity index (χ3v) is 4.93. The molecule has 5 nitrogen and oxygen atoms in total. The van der Waals surface area contributed by atoms with E-state index in [1.54, 1.807) is 12.4 Å². The van der Waals surface area contributed by atoms with Crippen LogP contribution in [0.4, 0.5) is 0 Å². The van der Waals surface area contributed by atoms with Crippen LogP contribution in [0.25, 0.3) is 10.8 Å². The van der Waals surface area contributed by atoms with Gasteiger partial charge in [0, 0.05) is 37.6 Å². The molecule has 0 N–H and O–H groups in total. The van der Waals surface area contributed by atoms with Gasteiger partial charge in [-0.05, 0) is 23.4 Å². The predicted molar refractivity (Wildman–Crippen MR) is 110 cm³/mol. The summed E-state index contributed by atoms with van der Waals surface area (Å²) in [4.78, 5) is 24.1. The van der Waals surface area contributed by atoms with E-state index in [9.17, 15) is 4.79 Å². The van der Waals surface area contributed by atoms with Crippen LogP contribution in [0.5, 0.6) is 0 Å². The lowest BCUT2D eigenvalue weighted by Gasteiger charge is -2.23. The zero-order valence-electron chi connectivity index (χ0n) is 15.8. The summed E-state index contributed by atoms with van der Waals surface area (Å²) in [5, 5.41) is 1.89. The number of hydrogen-bond donors (Lipinski definition) is 0. The molecule has 28 heavy (non-hydrogen) atoms. The van der Waals surface area contributed by atoms with Crippen molar-refractivity contribution in [2.24, 2.45) is 7.05 Å². The van der Waals surface area contributed by atoms with Gasteiger partial charge in [0.2, 0.25) is 0 Å². The van der Waals surface area contributed by atoms with Gasteiger partial charge in [0.15, 0.2) is 0 Å². The molecule has 0 fully saturated rings. The van der Waals surface area contributed by atoms with E-state index in [4.69, 9.17) is 0 Å². The van der Waals surface area contributed by atoms with Crippen LogP contribution in [0.3, 0.4) is 0 Å². The summed E-state index contributed by atoms with van der Waals surface area (Å²) in [6.45, 7) is 1.04. The fraction of sp³-hybridized carbons (Fsp3) is 0.174. The predicted octanol–water partition coefficient (Wildman–Crippen LogP) is 3.85. The van der Waals surface area contributed by atoms with Crippen molar-refractivity contribution in [3.63, 3.8) is 0 Å². The topological polar surface area (TPSA) is 51.0 Å². The van der Waals surface area contributed by atoms with Crippen molar-refractivity contribution in [2.45, 2.75) is 13.0 Å². The molecule has 0 saturated carbocycles. The molecule has 2 heterocycles. The third-order valence-electron chi connectivity index (χ3n) is 4.93. The van der Waals surface area contributed by atoms with E-state index in [-0.39, 0.29) is 5.91 Å². The number of nitrogens with zero attached hydrogens (tertiary/aromatic N) is 4. The summed E-state index contributed by atoms with van der Waals surface area (Å²) in [5.41, 5.74) is 1.69. The maximum Gasteiger partial charge on any atom is 0.273 e. The molecule has 4 aromatic rings. The Kier molecular flexibility index (Phi) is 5.15. The Balaban J connectivity index is 1.65. The largest absolute Gasteiger partial charge is 0.337 e. The molecule has 5 heteroatoms. The smallest absolute Gasteiger partial charge is 0.273 e. The number of fused-ring (bicyclic) bond motifs is 1. The number of imidazole rings is 1. The first-order chi connectivity index (χ1) is 13.7. The van der Waals surface area contributed by atoms with Crippen molar-refractivity contribution in [2.75, 3.05) is 6.54 Å². The number of carbonyl (C=O) groups excluding carboxylic acids is 1. The third kappa shape index (κ3) is 3.78. The Labute approximate surface area is 164 Å². The van der Waals surface area contributed by atoms with E-state index >= 15 is 0 Å². The van der Waals surface area contributed by atoms with Crippen molar-refractivity contribution in [1.82, 2.24) is 19.4 Å². The van der Waals surface area contributed by atoms with Gasteiger partial charge in [-0.25, -0.2) is 4.98 Å². The highest BCUT2D eigenvalue weighted by atomic mass is 16.2. The van der Waals surface area contributed by atoms with Crippen molar-refractivity contribution in [3.8, 4) is 0 Å². The highest BCUT2D eigenvalue weighted by Gasteiger charge is 2.21. The molecule has 4 rings (SSSR count). The average molecular weight is 370 g/mol. The first-order valence-electron chi connectivity index (χ1n) is 9.35. The van der Waals surface area contributed by atoms with Gasteiger partial charge in [0.25, 0.3) is 5.91 Å². The molecule has 0 spiro atoms. The first-order valence-corrected chi connectivity index (χ1v) is 9.35. The molecule has 0 bridgehead atoms. The van der Waals surface area contributed by atoms with Crippen LogP contribution in [0, 0.1) is 0 Å². The van der Waals surface area contributed by atoms with Crippen LogP contribution in [-0.4, -0.2) is 31.9 Å². The van der Waals surface area contributed by atoms with Crippen LogP contribution in [0.1, 0.15) is 21.9 Å². The first kappa shape index (κ1) is 17.9. The molecule has 1 amide bonds. The number of aryl methyl sites for hydroxylation is 1. The minimum Gasteiger partial charge on any atom is -0.337 e. The summed E-state index contributed by atoms with van der Waals surface area (Å²) in [6.07, 6.45) is 6.13. The van der Waals surface area contributed by atoms with Crippen molar-refractivity contribution in [3.05, 3.63) is 96.3 Å². The van der Waals surface area contributed by atoms with Gasteiger partial charge in [0.1, 0.15) is 11.5 Å². The second-order valence-electron chi connectivity index (χ2n) is 6.80. The number of pyridine rings is 1. The minimum absolute atomic E-state index is 0.0734. The van der Waals surface area contributed by atoms with Gasteiger partial charge in [0.05, 0.1) is 6.54 Å². The summed E-state index contributed by atoms with van der Waals surface area (Å²) in [6, 6.07) is 20.0. The Hall–Kier alpha value is -3.47. The molecule has 2 aromatic heterocycles. The van der Waals surface area contributed by atoms with E-state index < -0.39 is 0 Å². The SMILES string of the molecule is Cn1ccnc1CN(CCc1ccccc1)C(=O)c1nccc2ccccc12. The zero-order valence-corrected chi connectivity index (χ0v) is 15.8. The van der Waals surface area contributed by atoms with Crippen molar-refractivity contribution < 1.29 is 4.79 Å². The monoisotopic (exact) mass is 370 g/mol. The molecule has 0 unspecified atom stereocenters. The Bertz CT molecular complexity index is 1080. The molecule has 140 valence electrons. The van der Waals surface area contributed by atoms with Gasteiger partial charge in [-0.15, -0.1) is 0 Å². The molecule has 0 aliphatic heterocycles. The standard InChI is InChI=1S/C23H22N4O/c1-26-16-14-24-21(26)17-27(15-12-18-7-3-2-4-8-18)23(28)22-20-10-6-5-9-19(20)11-13-25-22/h2-11,13-14,16H,12,15,17H2,1H3. The van der Waals surface area contributed by atoms with E-state index in [0.29, 0.717) is 18.8 Å². The van der Waals surface area contributed by atoms with E-state index in [1.807, 2.05) is 71.2 Å². The Morgan fingerprint density at radius 2 is 1.75 bits per heavy atom. The van der Waals surface area contributed by atoms with Gasteiger partial charge in [-0.1, -0.05) is 54.6 Å². The summed E-state index contributed by atoms with van der Waals surface area (Å²) in [7, 11) is 1.94. The lowest BCUT2D eigenvalue weighted by molar-refractivity contribution is 0.0736. The van der Waals surface area contributed by atoms with Gasteiger partial charge >= 0.3 is 0 Å². The fourth-order valence-electron chi connectivity index (χ4n) is 3.32. The highest BCUT2D eigenvalue weighted by Crippen LogP contribution is 2.19. The highest BCUT2D eigenvalue weighted by molar-refractivity contribution is 6.05. The number of hydrogen-bond acceptors (Lipinski definition) is 3.